The monoisotopic (exact) mass is 456 g/mol. The van der Waals surface area contributed by atoms with E-state index in [1.54, 1.807) is 13.8 Å². The highest BCUT2D eigenvalue weighted by Gasteiger charge is 2.38. The molecule has 31 heavy (non-hydrogen) atoms. The van der Waals surface area contributed by atoms with Crippen molar-refractivity contribution in [1.82, 2.24) is 10.6 Å². The quantitative estimate of drug-likeness (QED) is 0.321. The van der Waals surface area contributed by atoms with Gasteiger partial charge in [0.2, 0.25) is 16.9 Å². The second-order valence-electron chi connectivity index (χ2n) is 8.81. The van der Waals surface area contributed by atoms with E-state index in [0.717, 1.165) is 11.8 Å². The van der Waals surface area contributed by atoms with Gasteiger partial charge in [-0.2, -0.15) is 0 Å². The molecule has 2 heterocycles. The Morgan fingerprint density at radius 2 is 1.87 bits per heavy atom. The molecule has 2 N–H and O–H groups in total. The van der Waals surface area contributed by atoms with Crippen LogP contribution in [0.15, 0.2) is 11.8 Å². The molecule has 0 bridgehead atoms. The average molecular weight is 457 g/mol. The maximum absolute atomic E-state index is 12.5. The lowest BCUT2D eigenvalue weighted by atomic mass is 9.87. The van der Waals surface area contributed by atoms with Crippen LogP contribution in [0.5, 0.6) is 0 Å². The smallest absolute Gasteiger partial charge is 0.311 e. The second-order valence-corrected chi connectivity index (χ2v) is 9.91. The number of amides is 2. The average Bonchev–Trinajstić information content (AvgIpc) is 3.02. The van der Waals surface area contributed by atoms with Crippen molar-refractivity contribution in [2.24, 2.45) is 5.41 Å². The number of thioether (sulfide) groups is 1. The summed E-state index contributed by atoms with van der Waals surface area (Å²) in [6, 6.07) is 0. The van der Waals surface area contributed by atoms with Gasteiger partial charge in [-0.25, -0.2) is 0 Å². The van der Waals surface area contributed by atoms with Crippen molar-refractivity contribution in [3.05, 3.63) is 11.8 Å². The Kier molecular flexibility index (Phi) is 9.08. The molecule has 2 fully saturated rings. The molecule has 174 valence electrons. The highest BCUT2D eigenvalue weighted by atomic mass is 32.2. The normalized spacial score (nSPS) is 23.7. The summed E-state index contributed by atoms with van der Waals surface area (Å²) in [7, 11) is 0. The molecule has 0 saturated carbocycles. The third-order valence-electron chi connectivity index (χ3n) is 4.69. The van der Waals surface area contributed by atoms with E-state index in [1.165, 1.54) is 6.08 Å². The van der Waals surface area contributed by atoms with E-state index in [0.29, 0.717) is 43.9 Å². The van der Waals surface area contributed by atoms with Gasteiger partial charge in [0.1, 0.15) is 11.9 Å². The molecule has 0 unspecified atom stereocenters. The van der Waals surface area contributed by atoms with Crippen molar-refractivity contribution < 1.29 is 33.4 Å². The van der Waals surface area contributed by atoms with Crippen LogP contribution in [0.3, 0.4) is 0 Å². The van der Waals surface area contributed by atoms with Gasteiger partial charge in [-0.05, 0) is 25.7 Å². The molecule has 10 heteroatoms. The largest absolute Gasteiger partial charge is 0.431 e. The van der Waals surface area contributed by atoms with E-state index in [-0.39, 0.29) is 41.3 Å². The predicted octanol–water partition coefficient (Wildman–Crippen LogP) is 1.66. The third-order valence-corrected chi connectivity index (χ3v) is 5.50. The van der Waals surface area contributed by atoms with Crippen LogP contribution in [0.2, 0.25) is 0 Å². The zero-order valence-electron chi connectivity index (χ0n) is 18.6. The molecule has 2 saturated heterocycles. The first kappa shape index (κ1) is 25.4. The zero-order valence-corrected chi connectivity index (χ0v) is 19.4. The minimum atomic E-state index is -0.850. The molecule has 0 aromatic heterocycles. The summed E-state index contributed by atoms with van der Waals surface area (Å²) in [5.74, 6) is -0.872. The van der Waals surface area contributed by atoms with E-state index < -0.39 is 11.9 Å². The zero-order chi connectivity index (χ0) is 23.1. The molecule has 2 rings (SSSR count). The molecule has 0 aliphatic carbocycles. The topological polar surface area (TPSA) is 120 Å². The fourth-order valence-electron chi connectivity index (χ4n) is 3.09. The van der Waals surface area contributed by atoms with E-state index >= 15 is 0 Å². The molecule has 0 aromatic carbocycles. The van der Waals surface area contributed by atoms with Gasteiger partial charge >= 0.3 is 5.97 Å². The van der Waals surface area contributed by atoms with E-state index in [1.807, 2.05) is 13.8 Å². The Labute approximate surface area is 187 Å². The molecule has 9 nitrogen and oxygen atoms in total. The predicted molar refractivity (Wildman–Crippen MR) is 115 cm³/mol. The van der Waals surface area contributed by atoms with Crippen molar-refractivity contribution in [3.63, 3.8) is 0 Å². The molecule has 1 atom stereocenters. The number of hydrogen-bond acceptors (Lipinski definition) is 8. The van der Waals surface area contributed by atoms with Crippen molar-refractivity contribution in [2.45, 2.75) is 65.3 Å². The molecule has 0 radical (unpaired) electrons. The summed E-state index contributed by atoms with van der Waals surface area (Å²) in [6.45, 7) is 8.60. The van der Waals surface area contributed by atoms with Gasteiger partial charge in [0.05, 0.1) is 13.0 Å². The number of nitrogens with one attached hydrogen (secondary N) is 2. The number of carbonyl (C=O) groups excluding carboxylic acids is 4. The molecule has 2 amide bonds. The minimum absolute atomic E-state index is 0.125. The van der Waals surface area contributed by atoms with Crippen LogP contribution in [0, 0.1) is 5.41 Å². The number of allylic oxidation sites excluding steroid dienone is 1. The number of ether oxygens (including phenoxy) is 3. The minimum Gasteiger partial charge on any atom is -0.431 e. The lowest BCUT2D eigenvalue weighted by Crippen LogP contribution is -2.43. The van der Waals surface area contributed by atoms with Crippen LogP contribution in [-0.2, 0) is 33.4 Å². The molecular weight excluding hydrogens is 424 g/mol. The van der Waals surface area contributed by atoms with Gasteiger partial charge in [-0.3, -0.25) is 19.2 Å². The van der Waals surface area contributed by atoms with Crippen molar-refractivity contribution in [1.29, 1.82) is 0 Å². The van der Waals surface area contributed by atoms with Crippen LogP contribution in [-0.4, -0.2) is 60.2 Å². The highest BCUT2D eigenvalue weighted by molar-refractivity contribution is 8.14. The van der Waals surface area contributed by atoms with Crippen molar-refractivity contribution in [2.75, 3.05) is 25.4 Å². The van der Waals surface area contributed by atoms with Gasteiger partial charge in [0.25, 0.3) is 0 Å². The number of rotatable bonds is 8. The van der Waals surface area contributed by atoms with E-state index in [4.69, 9.17) is 14.2 Å². The summed E-state index contributed by atoms with van der Waals surface area (Å²) in [4.78, 5) is 47.2. The number of esters is 1. The Hall–Kier alpha value is -1.91. The second kappa shape index (κ2) is 11.1. The Balaban J connectivity index is 1.62. The molecule has 2 aliphatic heterocycles. The maximum atomic E-state index is 12.5. The van der Waals surface area contributed by atoms with E-state index in [9.17, 15) is 19.2 Å². The van der Waals surface area contributed by atoms with Crippen LogP contribution >= 0.6 is 11.8 Å². The molecule has 2 aliphatic rings. The van der Waals surface area contributed by atoms with Crippen LogP contribution in [0.4, 0.5) is 0 Å². The molecule has 0 spiro atoms. The van der Waals surface area contributed by atoms with Crippen LogP contribution in [0.25, 0.3) is 0 Å². The number of hydrogen-bond donors (Lipinski definition) is 2. The number of cyclic esters (lactones) is 1. The van der Waals surface area contributed by atoms with Crippen LogP contribution < -0.4 is 10.6 Å². The fourth-order valence-corrected chi connectivity index (χ4v) is 3.71. The van der Waals surface area contributed by atoms with Crippen LogP contribution in [0.1, 0.15) is 53.4 Å². The standard InChI is InChI=1S/C21H32N2O7S/c1-20(2)12-15(30-21(3,4)28-13-20)19(27)23-8-7-16(24)22-9-10-31-18(26)11-14-5-6-17(25)29-14/h11,15H,5-10,12-13H2,1-4H3,(H,22,24)(H,23,27)/b14-11+/t15-/m1/s1. The summed E-state index contributed by atoms with van der Waals surface area (Å²) < 4.78 is 16.4. The Bertz CT molecular complexity index is 715. The first-order chi connectivity index (χ1) is 14.5. The SMILES string of the molecule is CC1(C)COC(C)(C)O[C@@H](C(=O)NCCC(=O)NCCSC(=O)/C=C2\CCC(=O)O2)C1. The van der Waals surface area contributed by atoms with Crippen molar-refractivity contribution >= 4 is 34.7 Å². The van der Waals surface area contributed by atoms with E-state index in [2.05, 4.69) is 10.6 Å². The molecular formula is C21H32N2O7S. The van der Waals surface area contributed by atoms with Gasteiger partial charge in [-0.1, -0.05) is 25.6 Å². The van der Waals surface area contributed by atoms with Gasteiger partial charge in [0, 0.05) is 37.8 Å². The molecule has 0 aromatic rings. The summed E-state index contributed by atoms with van der Waals surface area (Å²) in [5, 5.41) is 5.24. The van der Waals surface area contributed by atoms with Gasteiger partial charge in [0.15, 0.2) is 5.79 Å². The maximum Gasteiger partial charge on any atom is 0.311 e. The van der Waals surface area contributed by atoms with Gasteiger partial charge in [-0.15, -0.1) is 0 Å². The summed E-state index contributed by atoms with van der Waals surface area (Å²) in [5.41, 5.74) is -0.197. The lowest BCUT2D eigenvalue weighted by molar-refractivity contribution is -0.223. The fraction of sp³-hybridized carbons (Fsp3) is 0.714. The Morgan fingerprint density at radius 1 is 1.13 bits per heavy atom. The lowest BCUT2D eigenvalue weighted by Gasteiger charge is -2.26. The first-order valence-corrected chi connectivity index (χ1v) is 11.4. The third kappa shape index (κ3) is 9.40. The van der Waals surface area contributed by atoms with Gasteiger partial charge < -0.3 is 24.8 Å². The summed E-state index contributed by atoms with van der Waals surface area (Å²) >= 11 is 1.04. The highest BCUT2D eigenvalue weighted by Crippen LogP contribution is 2.32. The van der Waals surface area contributed by atoms with Crippen molar-refractivity contribution in [3.8, 4) is 0 Å². The first-order valence-electron chi connectivity index (χ1n) is 10.4. The Morgan fingerprint density at radius 3 is 2.55 bits per heavy atom. The summed E-state index contributed by atoms with van der Waals surface area (Å²) in [6.07, 6.45) is 2.06. The number of carbonyl (C=O) groups is 4.